The molecule has 3 rings (SSSR count). The topological polar surface area (TPSA) is 21.3 Å². The Morgan fingerprint density at radius 3 is 2.27 bits per heavy atom. The average Bonchev–Trinajstić information content (AvgIpc) is 2.89. The first-order valence-corrected chi connectivity index (χ1v) is 10.3. The third-order valence-electron chi connectivity index (χ3n) is 4.75. The number of hydrogen-bond donors (Lipinski definition) is 1. The molecule has 1 N–H and O–H groups in total. The Morgan fingerprint density at radius 1 is 0.962 bits per heavy atom. The largest absolute Gasteiger partial charge is 0.488 e. The summed E-state index contributed by atoms with van der Waals surface area (Å²) < 4.78 is 6.92. The third kappa shape index (κ3) is 6.77. The first-order chi connectivity index (χ1) is 12.2. The molecule has 1 saturated carbocycles. The maximum Gasteiger partial charge on any atom is 0.134 e. The molecule has 2 nitrogen and oxygen atoms in total. The van der Waals surface area contributed by atoms with Crippen molar-refractivity contribution in [2.24, 2.45) is 0 Å². The van der Waals surface area contributed by atoms with E-state index in [-0.39, 0.29) is 12.4 Å². The van der Waals surface area contributed by atoms with E-state index in [1.165, 1.54) is 44.1 Å². The van der Waals surface area contributed by atoms with Crippen molar-refractivity contribution in [2.45, 2.75) is 57.7 Å². The van der Waals surface area contributed by atoms with Gasteiger partial charge in [0.25, 0.3) is 0 Å². The molecule has 1 fully saturated rings. The van der Waals surface area contributed by atoms with Crippen molar-refractivity contribution in [3.63, 3.8) is 0 Å². The fourth-order valence-electron chi connectivity index (χ4n) is 3.26. The summed E-state index contributed by atoms with van der Waals surface area (Å²) in [5.41, 5.74) is 2.39. The summed E-state index contributed by atoms with van der Waals surface area (Å²) in [4.78, 5) is 0. The van der Waals surface area contributed by atoms with Gasteiger partial charge in [-0.1, -0.05) is 55.5 Å². The summed E-state index contributed by atoms with van der Waals surface area (Å²) in [6.45, 7) is 1.45. The molecule has 0 atom stereocenters. The van der Waals surface area contributed by atoms with Gasteiger partial charge in [0.2, 0.25) is 0 Å². The third-order valence-corrected chi connectivity index (χ3v) is 5.63. The molecule has 2 aromatic rings. The lowest BCUT2D eigenvalue weighted by Crippen LogP contribution is -2.27. The highest BCUT2D eigenvalue weighted by Crippen LogP contribution is 2.27. The van der Waals surface area contributed by atoms with Crippen molar-refractivity contribution in [2.75, 3.05) is 0 Å². The zero-order valence-corrected chi connectivity index (χ0v) is 18.0. The molecule has 2 aromatic carbocycles. The molecule has 5 heteroatoms. The summed E-state index contributed by atoms with van der Waals surface area (Å²) >= 11 is 9.55. The lowest BCUT2D eigenvalue weighted by atomic mass is 10.1. The Bertz CT molecular complexity index is 670. The summed E-state index contributed by atoms with van der Waals surface area (Å²) in [7, 11) is 0. The molecule has 0 radical (unpaired) electrons. The van der Waals surface area contributed by atoms with Gasteiger partial charge >= 0.3 is 0 Å². The van der Waals surface area contributed by atoms with Crippen LogP contribution in [0.25, 0.3) is 0 Å². The number of ether oxygens (including phenoxy) is 1. The van der Waals surface area contributed by atoms with Gasteiger partial charge in [-0.15, -0.1) is 12.4 Å². The van der Waals surface area contributed by atoms with Crippen molar-refractivity contribution in [1.82, 2.24) is 5.32 Å². The second kappa shape index (κ2) is 11.2. The van der Waals surface area contributed by atoms with Crippen LogP contribution in [0, 0.1) is 0 Å². The van der Waals surface area contributed by atoms with Crippen molar-refractivity contribution >= 4 is 39.9 Å². The molecule has 0 aliphatic heterocycles. The van der Waals surface area contributed by atoms with Crippen LogP contribution in [-0.4, -0.2) is 6.04 Å². The number of hydrogen-bond acceptors (Lipinski definition) is 2. The minimum absolute atomic E-state index is 0. The summed E-state index contributed by atoms with van der Waals surface area (Å²) in [5, 5.41) is 4.46. The molecule has 0 amide bonds. The molecule has 0 aromatic heterocycles. The molecule has 0 spiro atoms. The van der Waals surface area contributed by atoms with Crippen LogP contribution in [0.1, 0.15) is 49.7 Å². The lowest BCUT2D eigenvalue weighted by Gasteiger charge is -2.17. The van der Waals surface area contributed by atoms with Crippen LogP contribution >= 0.6 is 39.9 Å². The highest BCUT2D eigenvalue weighted by atomic mass is 79.9. The quantitative estimate of drug-likeness (QED) is 0.474. The highest BCUT2D eigenvalue weighted by molar-refractivity contribution is 9.10. The monoisotopic (exact) mass is 457 g/mol. The van der Waals surface area contributed by atoms with Crippen LogP contribution < -0.4 is 10.1 Å². The van der Waals surface area contributed by atoms with E-state index in [4.69, 9.17) is 16.3 Å². The fraction of sp³-hybridized carbons (Fsp3) is 0.429. The van der Waals surface area contributed by atoms with Crippen molar-refractivity contribution in [1.29, 1.82) is 0 Å². The maximum atomic E-state index is 5.92. The Labute approximate surface area is 176 Å². The van der Waals surface area contributed by atoms with E-state index in [1.54, 1.807) is 0 Å². The summed E-state index contributed by atoms with van der Waals surface area (Å²) in [6.07, 6.45) is 8.12. The number of benzene rings is 2. The van der Waals surface area contributed by atoms with Gasteiger partial charge in [-0.05, 0) is 64.2 Å². The van der Waals surface area contributed by atoms with Gasteiger partial charge < -0.3 is 10.1 Å². The van der Waals surface area contributed by atoms with E-state index < -0.39 is 0 Å². The second-order valence-corrected chi connectivity index (χ2v) is 8.04. The van der Waals surface area contributed by atoms with Crippen molar-refractivity contribution in [3.8, 4) is 5.75 Å². The zero-order chi connectivity index (χ0) is 17.5. The number of nitrogens with one attached hydrogen (secondary N) is 1. The Balaban J connectivity index is 0.00000243. The second-order valence-electron chi connectivity index (χ2n) is 6.75. The van der Waals surface area contributed by atoms with E-state index in [9.17, 15) is 0 Å². The van der Waals surface area contributed by atoms with Crippen LogP contribution in [-0.2, 0) is 13.2 Å². The lowest BCUT2D eigenvalue weighted by molar-refractivity contribution is 0.304. The normalized spacial score (nSPS) is 15.2. The Hall–Kier alpha value is -0.740. The minimum Gasteiger partial charge on any atom is -0.488 e. The van der Waals surface area contributed by atoms with E-state index in [0.29, 0.717) is 12.6 Å². The van der Waals surface area contributed by atoms with Crippen molar-refractivity contribution in [3.05, 3.63) is 63.1 Å². The summed E-state index contributed by atoms with van der Waals surface area (Å²) in [5.74, 6) is 0.869. The van der Waals surface area contributed by atoms with Crippen LogP contribution in [0.4, 0.5) is 0 Å². The molecule has 26 heavy (non-hydrogen) atoms. The van der Waals surface area contributed by atoms with E-state index >= 15 is 0 Å². The van der Waals surface area contributed by atoms with Crippen LogP contribution in [0.2, 0.25) is 5.02 Å². The van der Waals surface area contributed by atoms with Gasteiger partial charge in [0.05, 0.1) is 4.47 Å². The van der Waals surface area contributed by atoms with Gasteiger partial charge in [0.1, 0.15) is 12.4 Å². The van der Waals surface area contributed by atoms with Crippen LogP contribution in [0.15, 0.2) is 46.9 Å². The summed E-state index contributed by atoms with van der Waals surface area (Å²) in [6, 6.07) is 14.8. The minimum atomic E-state index is 0. The molecule has 1 aliphatic rings. The molecular weight excluding hydrogens is 433 g/mol. The molecular formula is C21H26BrCl2NO. The predicted molar refractivity (Wildman–Crippen MR) is 116 cm³/mol. The first-order valence-electron chi connectivity index (χ1n) is 9.10. The standard InChI is InChI=1S/C21H25BrClNO.ClH/c22-20-13-17(14-24-19-5-3-1-2-4-6-19)9-12-21(20)25-15-16-7-10-18(23)11-8-16;/h7-13,19,24H,1-6,14-15H2;1H. The molecule has 0 unspecified atom stereocenters. The van der Waals surface area contributed by atoms with Gasteiger partial charge in [0.15, 0.2) is 0 Å². The SMILES string of the molecule is Cl.Clc1ccc(COc2ccc(CNC3CCCCCC3)cc2Br)cc1. The molecule has 0 bridgehead atoms. The number of halogens is 3. The van der Waals surface area contributed by atoms with Crippen molar-refractivity contribution < 1.29 is 4.74 Å². The van der Waals surface area contributed by atoms with Gasteiger partial charge in [-0.2, -0.15) is 0 Å². The van der Waals surface area contributed by atoms with Gasteiger partial charge in [-0.25, -0.2) is 0 Å². The van der Waals surface area contributed by atoms with E-state index in [0.717, 1.165) is 27.4 Å². The van der Waals surface area contributed by atoms with Crippen LogP contribution in [0.5, 0.6) is 5.75 Å². The maximum absolute atomic E-state index is 5.92. The smallest absolute Gasteiger partial charge is 0.134 e. The molecule has 1 aliphatic carbocycles. The molecule has 142 valence electrons. The Morgan fingerprint density at radius 2 is 1.62 bits per heavy atom. The van der Waals surface area contributed by atoms with Gasteiger partial charge in [0, 0.05) is 17.6 Å². The predicted octanol–water partition coefficient (Wildman–Crippen LogP) is 6.92. The Kier molecular flexibility index (Phi) is 9.27. The van der Waals surface area contributed by atoms with Crippen LogP contribution in [0.3, 0.4) is 0 Å². The highest BCUT2D eigenvalue weighted by Gasteiger charge is 2.12. The molecule has 0 heterocycles. The average molecular weight is 459 g/mol. The van der Waals surface area contributed by atoms with Gasteiger partial charge in [-0.3, -0.25) is 0 Å². The zero-order valence-electron chi connectivity index (χ0n) is 14.8. The fourth-order valence-corrected chi connectivity index (χ4v) is 3.93. The number of rotatable bonds is 6. The van der Waals surface area contributed by atoms with E-state index in [2.05, 4.69) is 33.4 Å². The van der Waals surface area contributed by atoms with E-state index in [1.807, 2.05) is 30.3 Å². The molecule has 0 saturated heterocycles. The first kappa shape index (κ1) is 21.6.